The Morgan fingerprint density at radius 1 is 1.47 bits per heavy atom. The van der Waals surface area contributed by atoms with Gasteiger partial charge in [0, 0.05) is 6.54 Å². The number of aromatic nitrogens is 2. The topological polar surface area (TPSA) is 74.8 Å². The first-order valence-electron chi connectivity index (χ1n) is 5.66. The van der Waals surface area contributed by atoms with Crippen molar-refractivity contribution in [3.8, 4) is 0 Å². The molecule has 0 unspecified atom stereocenters. The fourth-order valence-corrected chi connectivity index (χ4v) is 2.53. The molecule has 17 heavy (non-hydrogen) atoms. The average molecular weight is 259 g/mol. The van der Waals surface area contributed by atoms with Gasteiger partial charge in [0.05, 0.1) is 11.9 Å². The summed E-state index contributed by atoms with van der Waals surface area (Å²) < 4.78 is 26.7. The summed E-state index contributed by atoms with van der Waals surface area (Å²) in [4.78, 5) is 0.219. The third-order valence-corrected chi connectivity index (χ3v) is 4.87. The fourth-order valence-electron chi connectivity index (χ4n) is 1.17. The molecule has 1 aromatic heterocycles. The molecule has 0 fully saturated rings. The Morgan fingerprint density at radius 3 is 2.47 bits per heavy atom. The lowest BCUT2D eigenvalue weighted by molar-refractivity contribution is 0.252. The number of nitrogens with zero attached hydrogens (tertiary/aromatic N) is 1. The van der Waals surface area contributed by atoms with E-state index in [-0.39, 0.29) is 10.3 Å². The van der Waals surface area contributed by atoms with Crippen molar-refractivity contribution in [3.63, 3.8) is 0 Å². The van der Waals surface area contributed by atoms with Gasteiger partial charge >= 0.3 is 0 Å². The van der Waals surface area contributed by atoms with Gasteiger partial charge in [-0.1, -0.05) is 27.7 Å². The van der Waals surface area contributed by atoms with Crippen LogP contribution in [-0.4, -0.2) is 25.2 Å². The second-order valence-electron chi connectivity index (χ2n) is 5.33. The lowest BCUT2D eigenvalue weighted by Gasteiger charge is -2.29. The molecule has 0 aromatic carbocycles. The number of H-pyrrole nitrogens is 1. The second-order valence-corrected chi connectivity index (χ2v) is 7.06. The summed E-state index contributed by atoms with van der Waals surface area (Å²) in [5.41, 5.74) is 0.477. The average Bonchev–Trinajstić information content (AvgIpc) is 2.62. The minimum Gasteiger partial charge on any atom is -0.281 e. The molecule has 1 rings (SSSR count). The van der Waals surface area contributed by atoms with E-state index < -0.39 is 10.0 Å². The van der Waals surface area contributed by atoms with Gasteiger partial charge in [0.15, 0.2) is 0 Å². The molecular weight excluding hydrogens is 238 g/mol. The van der Waals surface area contributed by atoms with Crippen LogP contribution in [-0.2, 0) is 10.0 Å². The third-order valence-electron chi connectivity index (χ3n) is 3.35. The Morgan fingerprint density at radius 2 is 2.06 bits per heavy atom. The lowest BCUT2D eigenvalue weighted by Crippen LogP contribution is -2.37. The van der Waals surface area contributed by atoms with Crippen molar-refractivity contribution in [2.24, 2.45) is 11.3 Å². The predicted molar refractivity (Wildman–Crippen MR) is 67.1 cm³/mol. The summed E-state index contributed by atoms with van der Waals surface area (Å²) in [5.74, 6) is 0.399. The number of nitrogens with one attached hydrogen (secondary N) is 2. The van der Waals surface area contributed by atoms with Crippen LogP contribution in [0.2, 0.25) is 0 Å². The van der Waals surface area contributed by atoms with Gasteiger partial charge < -0.3 is 0 Å². The highest BCUT2D eigenvalue weighted by atomic mass is 32.2. The van der Waals surface area contributed by atoms with E-state index in [4.69, 9.17) is 0 Å². The zero-order chi connectivity index (χ0) is 13.3. The predicted octanol–water partition coefficient (Wildman–Crippen LogP) is 1.68. The van der Waals surface area contributed by atoms with Crippen LogP contribution in [0.3, 0.4) is 0 Å². The SMILES string of the molecule is Cc1[nH]ncc1S(=O)(=O)NCC(C)(C)C(C)C. The zero-order valence-corrected chi connectivity index (χ0v) is 11.9. The van der Waals surface area contributed by atoms with Gasteiger partial charge in [-0.25, -0.2) is 13.1 Å². The Kier molecular flexibility index (Phi) is 3.99. The van der Waals surface area contributed by atoms with E-state index in [0.29, 0.717) is 18.2 Å². The Balaban J connectivity index is 2.80. The summed E-state index contributed by atoms with van der Waals surface area (Å²) in [7, 11) is -3.46. The highest BCUT2D eigenvalue weighted by Crippen LogP contribution is 2.25. The van der Waals surface area contributed by atoms with Crippen LogP contribution < -0.4 is 4.72 Å². The van der Waals surface area contributed by atoms with Crippen LogP contribution in [0.25, 0.3) is 0 Å². The van der Waals surface area contributed by atoms with Crippen molar-refractivity contribution in [1.82, 2.24) is 14.9 Å². The van der Waals surface area contributed by atoms with E-state index in [1.54, 1.807) is 6.92 Å². The Labute approximate surface area is 103 Å². The molecule has 1 heterocycles. The first-order chi connectivity index (χ1) is 7.67. The number of rotatable bonds is 5. The second kappa shape index (κ2) is 4.78. The lowest BCUT2D eigenvalue weighted by atomic mass is 9.81. The molecule has 5 nitrogen and oxygen atoms in total. The molecule has 2 N–H and O–H groups in total. The van der Waals surface area contributed by atoms with Crippen LogP contribution >= 0.6 is 0 Å². The van der Waals surface area contributed by atoms with E-state index >= 15 is 0 Å². The first-order valence-corrected chi connectivity index (χ1v) is 7.15. The molecule has 0 saturated carbocycles. The van der Waals surface area contributed by atoms with E-state index in [1.165, 1.54) is 6.20 Å². The first kappa shape index (κ1) is 14.2. The van der Waals surface area contributed by atoms with Crippen molar-refractivity contribution in [2.45, 2.75) is 39.5 Å². The van der Waals surface area contributed by atoms with Crippen LogP contribution in [0.4, 0.5) is 0 Å². The molecule has 0 aliphatic heterocycles. The summed E-state index contributed by atoms with van der Waals surface area (Å²) in [5, 5.41) is 6.35. The van der Waals surface area contributed by atoms with Gasteiger partial charge in [0.25, 0.3) is 0 Å². The molecule has 0 spiro atoms. The number of sulfonamides is 1. The van der Waals surface area contributed by atoms with Gasteiger partial charge in [0.1, 0.15) is 4.90 Å². The van der Waals surface area contributed by atoms with Gasteiger partial charge in [-0.15, -0.1) is 0 Å². The van der Waals surface area contributed by atoms with Gasteiger partial charge in [-0.3, -0.25) is 5.10 Å². The summed E-state index contributed by atoms with van der Waals surface area (Å²) >= 11 is 0. The summed E-state index contributed by atoms with van der Waals surface area (Å²) in [6.45, 7) is 10.4. The molecule has 6 heteroatoms. The van der Waals surface area contributed by atoms with E-state index in [2.05, 4.69) is 28.8 Å². The summed E-state index contributed by atoms with van der Waals surface area (Å²) in [6, 6.07) is 0. The van der Waals surface area contributed by atoms with Crippen LogP contribution in [0.1, 0.15) is 33.4 Å². The van der Waals surface area contributed by atoms with E-state index in [9.17, 15) is 8.42 Å². The van der Waals surface area contributed by atoms with E-state index in [1.807, 2.05) is 13.8 Å². The number of hydrogen-bond donors (Lipinski definition) is 2. The molecule has 0 radical (unpaired) electrons. The molecule has 0 saturated heterocycles. The largest absolute Gasteiger partial charge is 0.281 e. The number of aryl methyl sites for hydroxylation is 1. The Bertz CT molecular complexity index is 475. The quantitative estimate of drug-likeness (QED) is 0.844. The maximum Gasteiger partial charge on any atom is 0.243 e. The van der Waals surface area contributed by atoms with Gasteiger partial charge in [-0.2, -0.15) is 5.10 Å². The van der Waals surface area contributed by atoms with Crippen molar-refractivity contribution < 1.29 is 8.42 Å². The minimum absolute atomic E-state index is 0.0787. The number of hydrogen-bond acceptors (Lipinski definition) is 3. The van der Waals surface area contributed by atoms with Crippen molar-refractivity contribution in [3.05, 3.63) is 11.9 Å². The van der Waals surface area contributed by atoms with Crippen LogP contribution in [0.5, 0.6) is 0 Å². The van der Waals surface area contributed by atoms with Gasteiger partial charge in [0.2, 0.25) is 10.0 Å². The third kappa shape index (κ3) is 3.29. The monoisotopic (exact) mass is 259 g/mol. The van der Waals surface area contributed by atoms with E-state index in [0.717, 1.165) is 0 Å². The maximum atomic E-state index is 12.0. The number of aromatic amines is 1. The molecule has 1 aromatic rings. The normalized spacial score (nSPS) is 13.3. The van der Waals surface area contributed by atoms with Crippen LogP contribution in [0, 0.1) is 18.3 Å². The Hall–Kier alpha value is -0.880. The van der Waals surface area contributed by atoms with Crippen LogP contribution in [0.15, 0.2) is 11.1 Å². The fraction of sp³-hybridized carbons (Fsp3) is 0.727. The molecule has 0 atom stereocenters. The molecule has 0 bridgehead atoms. The minimum atomic E-state index is -3.46. The highest BCUT2D eigenvalue weighted by molar-refractivity contribution is 7.89. The van der Waals surface area contributed by atoms with Crippen molar-refractivity contribution in [2.75, 3.05) is 6.54 Å². The maximum absolute atomic E-state index is 12.0. The van der Waals surface area contributed by atoms with Crippen molar-refractivity contribution >= 4 is 10.0 Å². The zero-order valence-electron chi connectivity index (χ0n) is 11.0. The molecule has 98 valence electrons. The summed E-state index contributed by atoms with van der Waals surface area (Å²) in [6.07, 6.45) is 1.33. The smallest absolute Gasteiger partial charge is 0.243 e. The highest BCUT2D eigenvalue weighted by Gasteiger charge is 2.26. The standard InChI is InChI=1S/C11H21N3O2S/c1-8(2)11(4,5)7-13-17(15,16)10-6-12-14-9(10)3/h6,8,13H,7H2,1-5H3,(H,12,14). The molecule has 0 aliphatic rings. The van der Waals surface area contributed by atoms with Gasteiger partial charge in [-0.05, 0) is 18.3 Å². The molecule has 0 amide bonds. The molecular formula is C11H21N3O2S. The van der Waals surface area contributed by atoms with Crippen molar-refractivity contribution in [1.29, 1.82) is 0 Å². The molecule has 0 aliphatic carbocycles.